The number of rotatable bonds is 9. The summed E-state index contributed by atoms with van der Waals surface area (Å²) in [5.41, 5.74) is 1.30. The van der Waals surface area contributed by atoms with E-state index >= 15 is 0 Å². The van der Waals surface area contributed by atoms with Gasteiger partial charge in [0.15, 0.2) is 0 Å². The Morgan fingerprint density at radius 1 is 1.32 bits per heavy atom. The van der Waals surface area contributed by atoms with Crippen LogP contribution in [0.25, 0.3) is 0 Å². The van der Waals surface area contributed by atoms with Gasteiger partial charge in [0.2, 0.25) is 0 Å². The Hall–Kier alpha value is -0.570. The van der Waals surface area contributed by atoms with Crippen molar-refractivity contribution < 1.29 is 4.74 Å². The molecule has 0 radical (unpaired) electrons. The molecule has 0 bridgehead atoms. The van der Waals surface area contributed by atoms with Gasteiger partial charge in [-0.1, -0.05) is 30.7 Å². The van der Waals surface area contributed by atoms with Crippen molar-refractivity contribution in [2.75, 3.05) is 13.7 Å². The van der Waals surface area contributed by atoms with E-state index in [2.05, 4.69) is 31.3 Å². The number of ether oxygens (including phenoxy) is 1. The van der Waals surface area contributed by atoms with Crippen LogP contribution in [0.15, 0.2) is 24.3 Å². The topological polar surface area (TPSA) is 21.3 Å². The molecule has 0 aromatic heterocycles. The second-order valence-corrected chi connectivity index (χ2v) is 5.55. The quantitative estimate of drug-likeness (QED) is 0.738. The fraction of sp³-hybridized carbons (Fsp3) is 0.625. The summed E-state index contributed by atoms with van der Waals surface area (Å²) in [5.74, 6) is 0. The second kappa shape index (κ2) is 9.35. The normalized spacial score (nSPS) is 14.3. The van der Waals surface area contributed by atoms with Crippen LogP contribution >= 0.6 is 11.6 Å². The van der Waals surface area contributed by atoms with Crippen LogP contribution in [-0.4, -0.2) is 25.8 Å². The van der Waals surface area contributed by atoms with Crippen molar-refractivity contribution in [3.8, 4) is 0 Å². The van der Waals surface area contributed by atoms with Crippen LogP contribution in [0.5, 0.6) is 0 Å². The molecule has 1 aromatic carbocycles. The van der Waals surface area contributed by atoms with Crippen LogP contribution < -0.4 is 5.32 Å². The van der Waals surface area contributed by atoms with Crippen molar-refractivity contribution in [1.82, 2.24) is 5.32 Å². The van der Waals surface area contributed by atoms with Crippen LogP contribution in [0.1, 0.15) is 38.7 Å². The highest BCUT2D eigenvalue weighted by Gasteiger charge is 2.11. The van der Waals surface area contributed by atoms with Crippen molar-refractivity contribution >= 4 is 11.6 Å². The van der Waals surface area contributed by atoms with Gasteiger partial charge < -0.3 is 10.1 Å². The molecule has 0 saturated heterocycles. The largest absolute Gasteiger partial charge is 0.382 e. The van der Waals surface area contributed by atoms with E-state index in [0.29, 0.717) is 12.1 Å². The van der Waals surface area contributed by atoms with E-state index in [1.165, 1.54) is 5.56 Å². The van der Waals surface area contributed by atoms with E-state index in [1.54, 1.807) is 7.11 Å². The first-order chi connectivity index (χ1) is 9.15. The van der Waals surface area contributed by atoms with Crippen molar-refractivity contribution in [3.63, 3.8) is 0 Å². The van der Waals surface area contributed by atoms with Crippen LogP contribution in [0.3, 0.4) is 0 Å². The average molecular weight is 284 g/mol. The molecule has 0 amide bonds. The fourth-order valence-corrected chi connectivity index (χ4v) is 2.34. The number of benzene rings is 1. The standard InChI is InChI=1S/C16H26ClNO/c1-4-10-18-16(9-8-13(2)19-3)12-14-6-5-7-15(17)11-14/h5-7,11,13,16,18H,4,8-10,12H2,1-3H3. The predicted octanol–water partition coefficient (Wildman–Crippen LogP) is 4.07. The molecule has 2 nitrogen and oxygen atoms in total. The van der Waals surface area contributed by atoms with Gasteiger partial charge >= 0.3 is 0 Å². The van der Waals surface area contributed by atoms with Crippen molar-refractivity contribution in [2.24, 2.45) is 0 Å². The first kappa shape index (κ1) is 16.5. The summed E-state index contributed by atoms with van der Waals surface area (Å²) in [7, 11) is 1.77. The second-order valence-electron chi connectivity index (χ2n) is 5.11. The van der Waals surface area contributed by atoms with Crippen LogP contribution in [0, 0.1) is 0 Å². The first-order valence-electron chi connectivity index (χ1n) is 7.16. The van der Waals surface area contributed by atoms with E-state index in [4.69, 9.17) is 16.3 Å². The number of hydrogen-bond acceptors (Lipinski definition) is 2. The predicted molar refractivity (Wildman–Crippen MR) is 82.9 cm³/mol. The maximum Gasteiger partial charge on any atom is 0.0543 e. The number of methoxy groups -OCH3 is 1. The molecule has 0 saturated carbocycles. The molecule has 0 aliphatic rings. The summed E-state index contributed by atoms with van der Waals surface area (Å²) in [4.78, 5) is 0. The maximum atomic E-state index is 6.04. The Labute approximate surface area is 122 Å². The molecule has 19 heavy (non-hydrogen) atoms. The molecule has 108 valence electrons. The monoisotopic (exact) mass is 283 g/mol. The van der Waals surface area contributed by atoms with Gasteiger partial charge in [0.05, 0.1) is 6.10 Å². The van der Waals surface area contributed by atoms with Gasteiger partial charge in [-0.25, -0.2) is 0 Å². The Balaban J connectivity index is 2.53. The van der Waals surface area contributed by atoms with Gasteiger partial charge in [0, 0.05) is 18.2 Å². The van der Waals surface area contributed by atoms with E-state index in [9.17, 15) is 0 Å². The Morgan fingerprint density at radius 2 is 2.11 bits per heavy atom. The molecule has 2 atom stereocenters. The Bertz CT molecular complexity index is 356. The van der Waals surface area contributed by atoms with Crippen molar-refractivity contribution in [2.45, 2.75) is 51.7 Å². The molecule has 0 aliphatic carbocycles. The van der Waals surface area contributed by atoms with Gasteiger partial charge in [-0.3, -0.25) is 0 Å². The highest BCUT2D eigenvalue weighted by atomic mass is 35.5. The van der Waals surface area contributed by atoms with Crippen molar-refractivity contribution in [1.29, 1.82) is 0 Å². The third kappa shape index (κ3) is 6.95. The zero-order valence-corrected chi connectivity index (χ0v) is 13.0. The van der Waals surface area contributed by atoms with Gasteiger partial charge in [-0.2, -0.15) is 0 Å². The molecule has 0 fully saturated rings. The minimum absolute atomic E-state index is 0.324. The molecule has 1 rings (SSSR count). The molecule has 0 heterocycles. The van der Waals surface area contributed by atoms with E-state index in [1.807, 2.05) is 12.1 Å². The smallest absolute Gasteiger partial charge is 0.0543 e. The number of nitrogens with one attached hydrogen (secondary N) is 1. The molecule has 1 aromatic rings. The molecular formula is C16H26ClNO. The lowest BCUT2D eigenvalue weighted by Gasteiger charge is -2.20. The van der Waals surface area contributed by atoms with E-state index < -0.39 is 0 Å². The molecule has 1 N–H and O–H groups in total. The Morgan fingerprint density at radius 3 is 2.74 bits per heavy atom. The third-order valence-corrected chi connectivity index (χ3v) is 3.61. The van der Waals surface area contributed by atoms with Crippen LogP contribution in [0.2, 0.25) is 5.02 Å². The summed E-state index contributed by atoms with van der Waals surface area (Å²) in [6.45, 7) is 5.38. The van der Waals surface area contributed by atoms with Crippen molar-refractivity contribution in [3.05, 3.63) is 34.9 Å². The molecule has 0 spiro atoms. The SMILES string of the molecule is CCCNC(CCC(C)OC)Cc1cccc(Cl)c1. The number of halogens is 1. The molecule has 0 aliphatic heterocycles. The minimum Gasteiger partial charge on any atom is -0.382 e. The highest BCUT2D eigenvalue weighted by molar-refractivity contribution is 6.30. The zero-order valence-electron chi connectivity index (χ0n) is 12.3. The summed E-state index contributed by atoms with van der Waals surface area (Å²) < 4.78 is 5.33. The highest BCUT2D eigenvalue weighted by Crippen LogP contribution is 2.15. The van der Waals surface area contributed by atoms with Gasteiger partial charge in [-0.15, -0.1) is 0 Å². The average Bonchev–Trinajstić information content (AvgIpc) is 2.41. The van der Waals surface area contributed by atoms with Gasteiger partial charge in [0.1, 0.15) is 0 Å². The molecular weight excluding hydrogens is 258 g/mol. The minimum atomic E-state index is 0.324. The van der Waals surface area contributed by atoms with Gasteiger partial charge in [-0.05, 0) is 56.8 Å². The van der Waals surface area contributed by atoms with Crippen LogP contribution in [-0.2, 0) is 11.2 Å². The zero-order chi connectivity index (χ0) is 14.1. The van der Waals surface area contributed by atoms with Gasteiger partial charge in [0.25, 0.3) is 0 Å². The Kier molecular flexibility index (Phi) is 8.11. The first-order valence-corrected chi connectivity index (χ1v) is 7.54. The lowest BCUT2D eigenvalue weighted by atomic mass is 10.00. The maximum absolute atomic E-state index is 6.04. The lowest BCUT2D eigenvalue weighted by molar-refractivity contribution is 0.106. The number of hydrogen-bond donors (Lipinski definition) is 1. The lowest BCUT2D eigenvalue weighted by Crippen LogP contribution is -2.32. The summed E-state index contributed by atoms with van der Waals surface area (Å²) in [6.07, 6.45) is 4.72. The van der Waals surface area contributed by atoms with E-state index in [0.717, 1.165) is 37.3 Å². The summed E-state index contributed by atoms with van der Waals surface area (Å²) >= 11 is 6.04. The van der Waals surface area contributed by atoms with E-state index in [-0.39, 0.29) is 0 Å². The molecule has 2 unspecified atom stereocenters. The van der Waals surface area contributed by atoms with Crippen LogP contribution in [0.4, 0.5) is 0 Å². The fourth-order valence-electron chi connectivity index (χ4n) is 2.13. The summed E-state index contributed by atoms with van der Waals surface area (Å²) in [5, 5.41) is 4.43. The third-order valence-electron chi connectivity index (χ3n) is 3.38. The molecule has 3 heteroatoms. The summed E-state index contributed by atoms with van der Waals surface area (Å²) in [6, 6.07) is 8.64.